The van der Waals surface area contributed by atoms with E-state index in [0.717, 1.165) is 46.5 Å². The first kappa shape index (κ1) is 23.8. The molecule has 0 aliphatic carbocycles. The molecule has 0 amide bonds. The van der Waals surface area contributed by atoms with Gasteiger partial charge in [-0.1, -0.05) is 78.1 Å². The van der Waals surface area contributed by atoms with E-state index in [4.69, 9.17) is 9.47 Å². The molecule has 1 rings (SSSR count). The highest BCUT2D eigenvalue weighted by molar-refractivity contribution is 9.13. The first-order chi connectivity index (χ1) is 12.7. The molecule has 1 aromatic rings. The maximum atomic E-state index is 6.01. The normalized spacial score (nSPS) is 10.9. The molecule has 26 heavy (non-hydrogen) atoms. The Morgan fingerprint density at radius 3 is 1.31 bits per heavy atom. The molecule has 0 saturated heterocycles. The molecule has 0 spiro atoms. The minimum Gasteiger partial charge on any atom is -0.490 e. The molecular formula is C22H36Br2O2. The van der Waals surface area contributed by atoms with Gasteiger partial charge in [0.05, 0.1) is 13.2 Å². The van der Waals surface area contributed by atoms with Crippen LogP contribution >= 0.6 is 31.9 Å². The van der Waals surface area contributed by atoms with E-state index in [-0.39, 0.29) is 0 Å². The molecule has 0 aliphatic heterocycles. The van der Waals surface area contributed by atoms with E-state index in [1.165, 1.54) is 64.2 Å². The first-order valence-corrected chi connectivity index (χ1v) is 12.0. The van der Waals surface area contributed by atoms with Crippen LogP contribution in [0.5, 0.6) is 11.5 Å². The number of halogens is 2. The summed E-state index contributed by atoms with van der Waals surface area (Å²) in [5.41, 5.74) is 0. The monoisotopic (exact) mass is 490 g/mol. The lowest BCUT2D eigenvalue weighted by atomic mass is 10.1. The summed E-state index contributed by atoms with van der Waals surface area (Å²) in [7, 11) is 0. The molecule has 0 saturated carbocycles. The van der Waals surface area contributed by atoms with Crippen LogP contribution in [-0.4, -0.2) is 13.2 Å². The molecule has 4 heteroatoms. The van der Waals surface area contributed by atoms with Crippen molar-refractivity contribution in [3.05, 3.63) is 21.1 Å². The molecule has 0 N–H and O–H groups in total. The van der Waals surface area contributed by atoms with Crippen molar-refractivity contribution < 1.29 is 9.47 Å². The summed E-state index contributed by atoms with van der Waals surface area (Å²) in [5.74, 6) is 1.69. The van der Waals surface area contributed by atoms with Gasteiger partial charge in [-0.15, -0.1) is 0 Å². The van der Waals surface area contributed by atoms with Gasteiger partial charge >= 0.3 is 0 Å². The second-order valence-electron chi connectivity index (χ2n) is 6.95. The quantitative estimate of drug-likeness (QED) is 0.215. The van der Waals surface area contributed by atoms with Crippen LogP contribution in [0.1, 0.15) is 90.9 Å². The van der Waals surface area contributed by atoms with Crippen LogP contribution in [0, 0.1) is 0 Å². The Hall–Kier alpha value is -0.220. The molecule has 0 fully saturated rings. The molecule has 150 valence electrons. The molecule has 1 aromatic carbocycles. The number of ether oxygens (including phenoxy) is 2. The molecule has 0 aromatic heterocycles. The standard InChI is InChI=1S/C22H36Br2O2/c1-3-5-7-9-11-13-15-25-21-17-19(23)20(24)18-22(21)26-16-14-12-10-8-6-4-2/h17-18H,3-16H2,1-2H3. The van der Waals surface area contributed by atoms with Crippen LogP contribution < -0.4 is 9.47 Å². The van der Waals surface area contributed by atoms with Crippen molar-refractivity contribution >= 4 is 31.9 Å². The molecule has 0 unspecified atom stereocenters. The van der Waals surface area contributed by atoms with Crippen molar-refractivity contribution in [3.8, 4) is 11.5 Å². The van der Waals surface area contributed by atoms with Gasteiger partial charge in [0, 0.05) is 8.95 Å². The van der Waals surface area contributed by atoms with Gasteiger partial charge in [0.15, 0.2) is 11.5 Å². The van der Waals surface area contributed by atoms with Crippen molar-refractivity contribution in [3.63, 3.8) is 0 Å². The Morgan fingerprint density at radius 2 is 0.923 bits per heavy atom. The van der Waals surface area contributed by atoms with Gasteiger partial charge in [-0.25, -0.2) is 0 Å². The molecular weight excluding hydrogens is 456 g/mol. The fourth-order valence-electron chi connectivity index (χ4n) is 2.86. The molecule has 0 radical (unpaired) electrons. The fourth-order valence-corrected chi connectivity index (χ4v) is 3.51. The molecule has 0 heterocycles. The Labute approximate surface area is 177 Å². The third-order valence-electron chi connectivity index (χ3n) is 4.50. The molecule has 2 nitrogen and oxygen atoms in total. The van der Waals surface area contributed by atoms with Crippen LogP contribution in [0.3, 0.4) is 0 Å². The zero-order chi connectivity index (χ0) is 19.0. The lowest BCUT2D eigenvalue weighted by molar-refractivity contribution is 0.258. The van der Waals surface area contributed by atoms with Crippen LogP contribution in [0.25, 0.3) is 0 Å². The highest BCUT2D eigenvalue weighted by Crippen LogP contribution is 2.36. The van der Waals surface area contributed by atoms with Crippen molar-refractivity contribution in [2.75, 3.05) is 13.2 Å². The van der Waals surface area contributed by atoms with Gasteiger partial charge in [-0.2, -0.15) is 0 Å². The summed E-state index contributed by atoms with van der Waals surface area (Å²) in [5, 5.41) is 0. The van der Waals surface area contributed by atoms with Gasteiger partial charge in [0.25, 0.3) is 0 Å². The topological polar surface area (TPSA) is 18.5 Å². The van der Waals surface area contributed by atoms with Crippen LogP contribution in [-0.2, 0) is 0 Å². The van der Waals surface area contributed by atoms with E-state index in [2.05, 4.69) is 45.7 Å². The van der Waals surface area contributed by atoms with E-state index in [1.807, 2.05) is 12.1 Å². The number of benzene rings is 1. The minimum absolute atomic E-state index is 0.758. The highest BCUT2D eigenvalue weighted by Gasteiger charge is 2.10. The molecule has 0 aliphatic rings. The summed E-state index contributed by atoms with van der Waals surface area (Å²) >= 11 is 7.13. The van der Waals surface area contributed by atoms with Crippen LogP contribution in [0.2, 0.25) is 0 Å². The van der Waals surface area contributed by atoms with Gasteiger partial charge in [-0.3, -0.25) is 0 Å². The highest BCUT2D eigenvalue weighted by atomic mass is 79.9. The predicted molar refractivity (Wildman–Crippen MR) is 120 cm³/mol. The smallest absolute Gasteiger partial charge is 0.162 e. The Balaban J connectivity index is 2.35. The van der Waals surface area contributed by atoms with Crippen LogP contribution in [0.15, 0.2) is 21.1 Å². The maximum Gasteiger partial charge on any atom is 0.162 e. The fraction of sp³-hybridized carbons (Fsp3) is 0.727. The number of hydrogen-bond acceptors (Lipinski definition) is 2. The maximum absolute atomic E-state index is 6.01. The molecule has 0 atom stereocenters. The van der Waals surface area contributed by atoms with E-state index in [9.17, 15) is 0 Å². The lowest BCUT2D eigenvalue weighted by Gasteiger charge is -2.14. The second kappa shape index (κ2) is 15.8. The summed E-state index contributed by atoms with van der Waals surface area (Å²) in [6.07, 6.45) is 15.3. The predicted octanol–water partition coefficient (Wildman–Crippen LogP) is 8.69. The lowest BCUT2D eigenvalue weighted by Crippen LogP contribution is -2.03. The third-order valence-corrected chi connectivity index (χ3v) is 6.34. The van der Waals surface area contributed by atoms with E-state index in [1.54, 1.807) is 0 Å². The summed E-state index contributed by atoms with van der Waals surface area (Å²) < 4.78 is 14.0. The molecule has 0 bridgehead atoms. The average Bonchev–Trinajstić information content (AvgIpc) is 2.63. The van der Waals surface area contributed by atoms with E-state index < -0.39 is 0 Å². The zero-order valence-electron chi connectivity index (χ0n) is 16.6. The number of hydrogen-bond donors (Lipinski definition) is 0. The third kappa shape index (κ3) is 10.8. The Bertz CT molecular complexity index is 434. The van der Waals surface area contributed by atoms with Gasteiger partial charge in [-0.05, 0) is 56.8 Å². The summed E-state index contributed by atoms with van der Waals surface area (Å²) in [6.45, 7) is 6.02. The van der Waals surface area contributed by atoms with E-state index in [0.29, 0.717) is 0 Å². The van der Waals surface area contributed by atoms with Crippen LogP contribution in [0.4, 0.5) is 0 Å². The zero-order valence-corrected chi connectivity index (χ0v) is 19.8. The van der Waals surface area contributed by atoms with Gasteiger partial charge in [0.1, 0.15) is 0 Å². The van der Waals surface area contributed by atoms with Crippen molar-refractivity contribution in [1.29, 1.82) is 0 Å². The summed E-state index contributed by atoms with van der Waals surface area (Å²) in [6, 6.07) is 4.02. The van der Waals surface area contributed by atoms with Crippen molar-refractivity contribution in [2.24, 2.45) is 0 Å². The van der Waals surface area contributed by atoms with Crippen molar-refractivity contribution in [2.45, 2.75) is 90.9 Å². The largest absolute Gasteiger partial charge is 0.490 e. The first-order valence-electron chi connectivity index (χ1n) is 10.4. The number of unbranched alkanes of at least 4 members (excludes halogenated alkanes) is 10. The second-order valence-corrected chi connectivity index (χ2v) is 8.65. The SMILES string of the molecule is CCCCCCCCOc1cc(Br)c(Br)cc1OCCCCCCCC. The van der Waals surface area contributed by atoms with Gasteiger partial charge < -0.3 is 9.47 Å². The number of rotatable bonds is 16. The van der Waals surface area contributed by atoms with Crippen molar-refractivity contribution in [1.82, 2.24) is 0 Å². The minimum atomic E-state index is 0.758. The Morgan fingerprint density at radius 1 is 0.577 bits per heavy atom. The Kier molecular flexibility index (Phi) is 14.5. The van der Waals surface area contributed by atoms with Gasteiger partial charge in [0.2, 0.25) is 0 Å². The van der Waals surface area contributed by atoms with E-state index >= 15 is 0 Å². The average molecular weight is 492 g/mol. The summed E-state index contributed by atoms with van der Waals surface area (Å²) in [4.78, 5) is 0.